The molecule has 1 heterocycles. The van der Waals surface area contributed by atoms with Crippen LogP contribution < -0.4 is 10.9 Å². The molecule has 0 saturated carbocycles. The van der Waals surface area contributed by atoms with Gasteiger partial charge in [-0.05, 0) is 18.2 Å². The molecule has 2 N–H and O–H groups in total. The summed E-state index contributed by atoms with van der Waals surface area (Å²) < 4.78 is 38.6. The zero-order chi connectivity index (χ0) is 14.0. The number of aromatic amines is 1. The fraction of sp³-hybridized carbons (Fsp3) is 0.167. The van der Waals surface area contributed by atoms with Crippen LogP contribution in [0, 0.1) is 0 Å². The van der Waals surface area contributed by atoms with E-state index < -0.39 is 17.3 Å². The summed E-state index contributed by atoms with van der Waals surface area (Å²) in [5.74, 6) is 0. The molecule has 0 spiro atoms. The third-order valence-electron chi connectivity index (χ3n) is 2.57. The number of alkyl halides is 3. The zero-order valence-electron chi connectivity index (χ0n) is 9.88. The Morgan fingerprint density at radius 1 is 1.21 bits per heavy atom. The predicted molar refractivity (Wildman–Crippen MR) is 64.8 cm³/mol. The van der Waals surface area contributed by atoms with Crippen molar-refractivity contribution in [3.05, 3.63) is 46.2 Å². The molecule has 0 unspecified atom stereocenters. The van der Waals surface area contributed by atoms with E-state index in [1.54, 1.807) is 0 Å². The molecular formula is C12H10F3N3O. The Balaban J connectivity index is 2.55. The van der Waals surface area contributed by atoms with E-state index in [9.17, 15) is 18.0 Å². The largest absolute Gasteiger partial charge is 0.418 e. The number of benzene rings is 1. The molecule has 7 heteroatoms. The summed E-state index contributed by atoms with van der Waals surface area (Å²) in [7, 11) is 1.42. The quantitative estimate of drug-likeness (QED) is 0.880. The molecule has 0 amide bonds. The first-order valence-electron chi connectivity index (χ1n) is 5.37. The molecule has 0 saturated heterocycles. The van der Waals surface area contributed by atoms with E-state index >= 15 is 0 Å². The monoisotopic (exact) mass is 269 g/mol. The van der Waals surface area contributed by atoms with Crippen LogP contribution in [0.15, 0.2) is 35.1 Å². The lowest BCUT2D eigenvalue weighted by molar-refractivity contribution is -0.136. The van der Waals surface area contributed by atoms with Gasteiger partial charge >= 0.3 is 6.18 Å². The highest BCUT2D eigenvalue weighted by Crippen LogP contribution is 2.36. The summed E-state index contributed by atoms with van der Waals surface area (Å²) in [6.07, 6.45) is -4.46. The number of halogens is 3. The highest BCUT2D eigenvalue weighted by atomic mass is 19.4. The van der Waals surface area contributed by atoms with Crippen molar-refractivity contribution in [3.8, 4) is 11.3 Å². The standard InChI is InChI=1S/C12H10F3N3O/c1-16-10-3-2-7(6-8(10)12(13,14)15)9-4-5-11(19)18-17-9/h2-6,16H,1H3,(H,18,19). The van der Waals surface area contributed by atoms with Gasteiger partial charge in [0.15, 0.2) is 0 Å². The molecule has 2 rings (SSSR count). The Hall–Kier alpha value is -2.31. The van der Waals surface area contributed by atoms with Gasteiger partial charge < -0.3 is 5.32 Å². The van der Waals surface area contributed by atoms with E-state index in [0.29, 0.717) is 0 Å². The van der Waals surface area contributed by atoms with Crippen molar-refractivity contribution in [3.63, 3.8) is 0 Å². The number of aromatic nitrogens is 2. The van der Waals surface area contributed by atoms with E-state index in [4.69, 9.17) is 0 Å². The Kier molecular flexibility index (Phi) is 3.28. The first-order valence-corrected chi connectivity index (χ1v) is 5.37. The number of hydrogen-bond acceptors (Lipinski definition) is 3. The number of H-pyrrole nitrogens is 1. The van der Waals surface area contributed by atoms with E-state index in [-0.39, 0.29) is 16.9 Å². The summed E-state index contributed by atoms with van der Waals surface area (Å²) >= 11 is 0. The van der Waals surface area contributed by atoms with Crippen LogP contribution in [0.5, 0.6) is 0 Å². The Bertz CT molecular complexity index is 629. The van der Waals surface area contributed by atoms with E-state index in [0.717, 1.165) is 6.07 Å². The van der Waals surface area contributed by atoms with Gasteiger partial charge in [0.05, 0.1) is 11.3 Å². The van der Waals surface area contributed by atoms with Crippen molar-refractivity contribution < 1.29 is 13.2 Å². The number of anilines is 1. The molecule has 2 aromatic rings. The molecule has 0 aliphatic heterocycles. The summed E-state index contributed by atoms with van der Waals surface area (Å²) in [6.45, 7) is 0. The van der Waals surface area contributed by atoms with Crippen LogP contribution >= 0.6 is 0 Å². The lowest BCUT2D eigenvalue weighted by Crippen LogP contribution is -2.10. The lowest BCUT2D eigenvalue weighted by Gasteiger charge is -2.13. The Morgan fingerprint density at radius 2 is 1.95 bits per heavy atom. The first kappa shape index (κ1) is 13.1. The number of rotatable bonds is 2. The minimum absolute atomic E-state index is 0.0133. The number of nitrogens with one attached hydrogen (secondary N) is 2. The van der Waals surface area contributed by atoms with Crippen molar-refractivity contribution in [2.45, 2.75) is 6.18 Å². The van der Waals surface area contributed by atoms with Crippen LogP contribution in [0.25, 0.3) is 11.3 Å². The SMILES string of the molecule is CNc1ccc(-c2ccc(=O)[nH]n2)cc1C(F)(F)F. The van der Waals surface area contributed by atoms with Crippen LogP contribution in [0.2, 0.25) is 0 Å². The van der Waals surface area contributed by atoms with Gasteiger partial charge in [0.2, 0.25) is 0 Å². The molecule has 1 aromatic carbocycles. The molecule has 0 aliphatic rings. The Labute approximate surface area is 106 Å². The molecule has 0 fully saturated rings. The molecule has 0 aliphatic carbocycles. The number of hydrogen-bond donors (Lipinski definition) is 2. The second-order valence-electron chi connectivity index (χ2n) is 3.81. The van der Waals surface area contributed by atoms with E-state index in [1.807, 2.05) is 0 Å². The van der Waals surface area contributed by atoms with Gasteiger partial charge in [-0.2, -0.15) is 18.3 Å². The molecule has 0 atom stereocenters. The highest BCUT2D eigenvalue weighted by molar-refractivity contribution is 5.66. The molecule has 100 valence electrons. The Morgan fingerprint density at radius 3 is 2.47 bits per heavy atom. The fourth-order valence-electron chi connectivity index (χ4n) is 1.66. The second-order valence-corrected chi connectivity index (χ2v) is 3.81. The van der Waals surface area contributed by atoms with Crippen molar-refractivity contribution in [2.75, 3.05) is 12.4 Å². The normalized spacial score (nSPS) is 11.4. The summed E-state index contributed by atoms with van der Waals surface area (Å²) in [6, 6.07) is 6.40. The van der Waals surface area contributed by atoms with Crippen molar-refractivity contribution in [2.24, 2.45) is 0 Å². The minimum Gasteiger partial charge on any atom is -0.388 e. The van der Waals surface area contributed by atoms with Gasteiger partial charge in [0.1, 0.15) is 0 Å². The molecular weight excluding hydrogens is 259 g/mol. The average molecular weight is 269 g/mol. The smallest absolute Gasteiger partial charge is 0.388 e. The maximum absolute atomic E-state index is 12.9. The van der Waals surface area contributed by atoms with Crippen LogP contribution in [0.1, 0.15) is 5.56 Å². The first-order chi connectivity index (χ1) is 8.91. The maximum atomic E-state index is 12.9. The summed E-state index contributed by atoms with van der Waals surface area (Å²) in [5, 5.41) is 8.38. The third kappa shape index (κ3) is 2.75. The minimum atomic E-state index is -4.46. The van der Waals surface area contributed by atoms with Gasteiger partial charge in [0, 0.05) is 24.4 Å². The van der Waals surface area contributed by atoms with Crippen LogP contribution in [0.4, 0.5) is 18.9 Å². The fourth-order valence-corrected chi connectivity index (χ4v) is 1.66. The third-order valence-corrected chi connectivity index (χ3v) is 2.57. The summed E-state index contributed by atoms with van der Waals surface area (Å²) in [5.41, 5.74) is -0.650. The second kappa shape index (κ2) is 4.75. The molecule has 0 radical (unpaired) electrons. The van der Waals surface area contributed by atoms with Gasteiger partial charge in [-0.25, -0.2) is 5.10 Å². The van der Waals surface area contributed by atoms with Crippen molar-refractivity contribution in [1.29, 1.82) is 0 Å². The zero-order valence-corrected chi connectivity index (χ0v) is 9.88. The maximum Gasteiger partial charge on any atom is 0.418 e. The molecule has 1 aromatic heterocycles. The van der Waals surface area contributed by atoms with Crippen molar-refractivity contribution in [1.82, 2.24) is 10.2 Å². The average Bonchev–Trinajstić information content (AvgIpc) is 2.38. The van der Waals surface area contributed by atoms with Gasteiger partial charge in [0.25, 0.3) is 5.56 Å². The topological polar surface area (TPSA) is 57.8 Å². The van der Waals surface area contributed by atoms with E-state index in [2.05, 4.69) is 15.5 Å². The van der Waals surface area contributed by atoms with E-state index in [1.165, 1.54) is 31.3 Å². The molecule has 0 bridgehead atoms. The van der Waals surface area contributed by atoms with Gasteiger partial charge in [-0.3, -0.25) is 4.79 Å². The van der Waals surface area contributed by atoms with Gasteiger partial charge in [-0.1, -0.05) is 6.07 Å². The molecule has 4 nitrogen and oxygen atoms in total. The molecule has 19 heavy (non-hydrogen) atoms. The van der Waals surface area contributed by atoms with Crippen LogP contribution in [-0.2, 0) is 6.18 Å². The van der Waals surface area contributed by atoms with Gasteiger partial charge in [-0.15, -0.1) is 0 Å². The van der Waals surface area contributed by atoms with Crippen molar-refractivity contribution >= 4 is 5.69 Å². The summed E-state index contributed by atoms with van der Waals surface area (Å²) in [4.78, 5) is 10.9. The predicted octanol–water partition coefficient (Wildman–Crippen LogP) is 2.50. The number of nitrogens with zero attached hydrogens (tertiary/aromatic N) is 1. The highest BCUT2D eigenvalue weighted by Gasteiger charge is 2.33. The van der Waals surface area contributed by atoms with Crippen LogP contribution in [0.3, 0.4) is 0 Å². The van der Waals surface area contributed by atoms with Crippen LogP contribution in [-0.4, -0.2) is 17.2 Å². The lowest BCUT2D eigenvalue weighted by atomic mass is 10.1.